The molecule has 0 aromatic heterocycles. The molecule has 3 aromatic carbocycles. The van der Waals surface area contributed by atoms with Crippen LogP contribution in [0.25, 0.3) is 11.1 Å². The smallest absolute Gasteiger partial charge is 0.314 e. The maximum absolute atomic E-state index is 13.1. The maximum atomic E-state index is 13.1. The first-order chi connectivity index (χ1) is 19.4. The first-order valence-corrected chi connectivity index (χ1v) is 14.5. The first kappa shape index (κ1) is 30.9. The molecule has 4 nitrogen and oxygen atoms in total. The molecule has 1 atom stereocenters. The fourth-order valence-electron chi connectivity index (χ4n) is 5.68. The monoisotopic (exact) mass is 539 g/mol. The zero-order valence-corrected chi connectivity index (χ0v) is 24.4. The third-order valence-corrected chi connectivity index (χ3v) is 7.55. The topological polar surface area (TPSA) is 58.6 Å². The van der Waals surface area contributed by atoms with Crippen molar-refractivity contribution in [3.63, 3.8) is 0 Å². The molecule has 0 saturated heterocycles. The fraction of sp³-hybridized carbons (Fsp3) is 0.361. The number of allylic oxidation sites excluding steroid dienone is 2. The first-order valence-electron chi connectivity index (χ1n) is 14.5. The van der Waals surface area contributed by atoms with Gasteiger partial charge in [0.05, 0.1) is 5.41 Å². The second-order valence-electron chi connectivity index (χ2n) is 10.5. The summed E-state index contributed by atoms with van der Waals surface area (Å²) in [6.07, 6.45) is 8.52. The van der Waals surface area contributed by atoms with Crippen molar-refractivity contribution in [3.8, 4) is 16.9 Å². The lowest BCUT2D eigenvalue weighted by Crippen LogP contribution is -2.36. The third kappa shape index (κ3) is 7.31. The van der Waals surface area contributed by atoms with Crippen molar-refractivity contribution in [2.75, 3.05) is 13.6 Å². The molecular formula is C36H45NO3. The summed E-state index contributed by atoms with van der Waals surface area (Å²) >= 11 is 0. The van der Waals surface area contributed by atoms with E-state index >= 15 is 0 Å². The molecule has 1 unspecified atom stereocenters. The molecule has 3 rings (SSSR count). The lowest BCUT2D eigenvalue weighted by molar-refractivity contribution is -0.144. The number of hydrogen-bond donors (Lipinski definition) is 2. The highest BCUT2D eigenvalue weighted by atomic mass is 16.5. The lowest BCUT2D eigenvalue weighted by atomic mass is 9.70. The van der Waals surface area contributed by atoms with E-state index in [0.717, 1.165) is 64.9 Å². The van der Waals surface area contributed by atoms with E-state index in [4.69, 9.17) is 4.74 Å². The summed E-state index contributed by atoms with van der Waals surface area (Å²) in [4.78, 5) is 13.1. The molecule has 3 aromatic rings. The normalized spacial score (nSPS) is 12.1. The highest BCUT2D eigenvalue weighted by Gasteiger charge is 2.41. The number of nitrogens with one attached hydrogen (secondary N) is 1. The van der Waals surface area contributed by atoms with Gasteiger partial charge in [-0.25, -0.2) is 0 Å². The summed E-state index contributed by atoms with van der Waals surface area (Å²) in [5, 5.41) is 14.0. The maximum Gasteiger partial charge on any atom is 0.314 e. The van der Waals surface area contributed by atoms with Gasteiger partial charge in [-0.15, -0.1) is 13.2 Å². The number of ether oxygens (including phenoxy) is 1. The Hall–Kier alpha value is -3.63. The van der Waals surface area contributed by atoms with Gasteiger partial charge >= 0.3 is 5.97 Å². The average Bonchev–Trinajstić information content (AvgIpc) is 2.96. The van der Waals surface area contributed by atoms with Crippen molar-refractivity contribution in [2.24, 2.45) is 0 Å². The van der Waals surface area contributed by atoms with Gasteiger partial charge in [-0.2, -0.15) is 0 Å². The highest BCUT2D eigenvalue weighted by molar-refractivity contribution is 5.87. The van der Waals surface area contributed by atoms with Crippen molar-refractivity contribution in [2.45, 2.75) is 70.3 Å². The second kappa shape index (κ2) is 15.2. The van der Waals surface area contributed by atoms with Crippen LogP contribution < -0.4 is 10.1 Å². The Morgan fingerprint density at radius 3 is 2.08 bits per heavy atom. The van der Waals surface area contributed by atoms with Crippen LogP contribution in [-0.2, 0) is 23.1 Å². The Labute approximate surface area is 240 Å². The quantitative estimate of drug-likeness (QED) is 0.169. The van der Waals surface area contributed by atoms with Gasteiger partial charge < -0.3 is 15.2 Å². The van der Waals surface area contributed by atoms with E-state index in [1.807, 2.05) is 49.5 Å². The van der Waals surface area contributed by atoms with E-state index in [2.05, 4.69) is 68.7 Å². The summed E-state index contributed by atoms with van der Waals surface area (Å²) in [6.45, 7) is 12.8. The fourth-order valence-corrected chi connectivity index (χ4v) is 5.68. The SMILES string of the molecule is C=CCc1ccc(OC(CCNC)c2ccccc2)c(-c2cc(CC=C)ccc2C(CCC)(CCC)C(=O)O)c1. The Kier molecular flexibility index (Phi) is 11.8. The molecule has 0 aliphatic carbocycles. The van der Waals surface area contributed by atoms with E-state index < -0.39 is 11.4 Å². The standard InChI is InChI=1S/C36H45NO3/c1-6-13-27-17-19-32(36(22-8-3,23-9-4)35(38)39)30(25-27)31-26-28(14-7-2)18-20-34(31)40-33(21-24-37-5)29-15-11-10-12-16-29/h6-7,10-12,15-20,25-26,33,37H,1-2,8-9,13-14,21-24H2,3-5H3,(H,38,39). The Morgan fingerprint density at radius 2 is 1.52 bits per heavy atom. The molecule has 40 heavy (non-hydrogen) atoms. The molecule has 0 aliphatic rings. The third-order valence-electron chi connectivity index (χ3n) is 7.55. The van der Waals surface area contributed by atoms with Crippen molar-refractivity contribution in [1.29, 1.82) is 0 Å². The molecule has 212 valence electrons. The van der Waals surface area contributed by atoms with Crippen LogP contribution in [0, 0.1) is 0 Å². The van der Waals surface area contributed by atoms with Crippen LogP contribution in [-0.4, -0.2) is 24.7 Å². The van der Waals surface area contributed by atoms with Gasteiger partial charge in [-0.05, 0) is 79.2 Å². The minimum Gasteiger partial charge on any atom is -0.485 e. The molecule has 0 aliphatic heterocycles. The van der Waals surface area contributed by atoms with Gasteiger partial charge in [0.15, 0.2) is 0 Å². The van der Waals surface area contributed by atoms with Crippen LogP contribution in [0.3, 0.4) is 0 Å². The van der Waals surface area contributed by atoms with Crippen molar-refractivity contribution in [3.05, 3.63) is 114 Å². The van der Waals surface area contributed by atoms with Gasteiger partial charge in [0.1, 0.15) is 11.9 Å². The predicted octanol–water partition coefficient (Wildman–Crippen LogP) is 8.46. The number of carboxylic acids is 1. The Bertz CT molecular complexity index is 1260. The van der Waals surface area contributed by atoms with E-state index in [1.165, 1.54) is 0 Å². The molecule has 0 amide bonds. The van der Waals surface area contributed by atoms with Crippen LogP contribution in [0.5, 0.6) is 5.75 Å². The number of hydrogen-bond acceptors (Lipinski definition) is 3. The molecule has 2 N–H and O–H groups in total. The number of carboxylic acid groups (broad SMARTS) is 1. The molecule has 0 bridgehead atoms. The number of rotatable bonds is 17. The average molecular weight is 540 g/mol. The number of benzene rings is 3. The predicted molar refractivity (Wildman–Crippen MR) is 167 cm³/mol. The minimum absolute atomic E-state index is 0.159. The number of aliphatic carboxylic acids is 1. The van der Waals surface area contributed by atoms with Crippen LogP contribution in [0.4, 0.5) is 0 Å². The van der Waals surface area contributed by atoms with Crippen LogP contribution in [0.2, 0.25) is 0 Å². The Balaban J connectivity index is 2.30. The van der Waals surface area contributed by atoms with Gasteiger partial charge in [0.2, 0.25) is 0 Å². The van der Waals surface area contributed by atoms with Gasteiger partial charge in [-0.3, -0.25) is 4.79 Å². The van der Waals surface area contributed by atoms with E-state index in [0.29, 0.717) is 25.7 Å². The number of carbonyl (C=O) groups is 1. The largest absolute Gasteiger partial charge is 0.485 e. The zero-order chi connectivity index (χ0) is 29.0. The van der Waals surface area contributed by atoms with Gasteiger partial charge in [0.25, 0.3) is 0 Å². The molecular weight excluding hydrogens is 494 g/mol. The minimum atomic E-state index is -0.984. The van der Waals surface area contributed by atoms with E-state index in [9.17, 15) is 9.90 Å². The zero-order valence-electron chi connectivity index (χ0n) is 24.4. The Morgan fingerprint density at radius 1 is 0.925 bits per heavy atom. The lowest BCUT2D eigenvalue weighted by Gasteiger charge is -2.33. The van der Waals surface area contributed by atoms with Crippen LogP contribution >= 0.6 is 0 Å². The van der Waals surface area contributed by atoms with Crippen molar-refractivity contribution < 1.29 is 14.6 Å². The molecule has 0 saturated carbocycles. The van der Waals surface area contributed by atoms with Crippen molar-refractivity contribution >= 4 is 5.97 Å². The van der Waals surface area contributed by atoms with E-state index in [1.54, 1.807) is 0 Å². The van der Waals surface area contributed by atoms with Crippen molar-refractivity contribution in [1.82, 2.24) is 5.32 Å². The van der Waals surface area contributed by atoms with Crippen LogP contribution in [0.15, 0.2) is 92.0 Å². The highest BCUT2D eigenvalue weighted by Crippen LogP contribution is 2.44. The van der Waals surface area contributed by atoms with Crippen LogP contribution in [0.1, 0.15) is 74.3 Å². The summed E-state index contributed by atoms with van der Waals surface area (Å²) < 4.78 is 6.84. The second-order valence-corrected chi connectivity index (χ2v) is 10.5. The summed E-state index contributed by atoms with van der Waals surface area (Å²) in [5.74, 6) is -0.0168. The molecule has 4 heteroatoms. The summed E-state index contributed by atoms with van der Waals surface area (Å²) in [6, 6.07) is 22.8. The molecule has 0 spiro atoms. The van der Waals surface area contributed by atoms with Gasteiger partial charge in [0, 0.05) is 12.0 Å². The molecule has 0 fully saturated rings. The van der Waals surface area contributed by atoms with E-state index in [-0.39, 0.29) is 6.10 Å². The molecule has 0 radical (unpaired) electrons. The summed E-state index contributed by atoms with van der Waals surface area (Å²) in [5.41, 5.74) is 5.02. The summed E-state index contributed by atoms with van der Waals surface area (Å²) in [7, 11) is 1.95. The molecule has 0 heterocycles. The van der Waals surface area contributed by atoms with Gasteiger partial charge in [-0.1, -0.05) is 93.4 Å².